The van der Waals surface area contributed by atoms with Gasteiger partial charge >= 0.3 is 0 Å². The van der Waals surface area contributed by atoms with E-state index < -0.39 is 0 Å². The molecule has 1 aliphatic carbocycles. The first-order valence-electron chi connectivity index (χ1n) is 6.91. The molecule has 0 saturated carbocycles. The minimum Gasteiger partial charge on any atom is -0.324 e. The highest BCUT2D eigenvalue weighted by atomic mass is 15.0. The molecule has 3 rings (SSSR count). The molecule has 0 aliphatic heterocycles. The summed E-state index contributed by atoms with van der Waals surface area (Å²) in [5, 5.41) is 3.70. The highest BCUT2D eigenvalue weighted by Gasteiger charge is 2.28. The summed E-state index contributed by atoms with van der Waals surface area (Å²) in [4.78, 5) is 0. The Morgan fingerprint density at radius 3 is 2.37 bits per heavy atom. The SMILES string of the molecule is C[C@@H](NC1CC(N)c2ccccc21)c1ccccc1. The molecule has 2 heteroatoms. The second-order valence-electron chi connectivity index (χ2n) is 5.32. The van der Waals surface area contributed by atoms with Crippen molar-refractivity contribution in [3.63, 3.8) is 0 Å². The monoisotopic (exact) mass is 252 g/mol. The zero-order valence-corrected chi connectivity index (χ0v) is 11.2. The third kappa shape index (κ3) is 2.42. The Bertz CT molecular complexity index is 550. The Morgan fingerprint density at radius 1 is 1.00 bits per heavy atom. The van der Waals surface area contributed by atoms with Crippen LogP contribution in [0.25, 0.3) is 0 Å². The summed E-state index contributed by atoms with van der Waals surface area (Å²) in [6, 6.07) is 19.9. The van der Waals surface area contributed by atoms with Crippen LogP contribution >= 0.6 is 0 Å². The Kier molecular flexibility index (Phi) is 3.36. The fourth-order valence-corrected chi connectivity index (χ4v) is 2.97. The number of hydrogen-bond acceptors (Lipinski definition) is 2. The van der Waals surface area contributed by atoms with Crippen molar-refractivity contribution < 1.29 is 0 Å². The summed E-state index contributed by atoms with van der Waals surface area (Å²) in [6.07, 6.45) is 0.983. The largest absolute Gasteiger partial charge is 0.324 e. The lowest BCUT2D eigenvalue weighted by atomic mass is 10.0. The first-order chi connectivity index (χ1) is 9.25. The standard InChI is InChI=1S/C17H20N2/c1-12(13-7-3-2-4-8-13)19-17-11-16(18)14-9-5-6-10-15(14)17/h2-10,12,16-17,19H,11,18H2,1H3/t12-,16?,17?/m1/s1. The summed E-state index contributed by atoms with van der Waals surface area (Å²) < 4.78 is 0. The van der Waals surface area contributed by atoms with Gasteiger partial charge in [0.1, 0.15) is 0 Å². The molecule has 2 unspecified atom stereocenters. The number of nitrogens with two attached hydrogens (primary N) is 1. The van der Waals surface area contributed by atoms with Crippen molar-refractivity contribution >= 4 is 0 Å². The van der Waals surface area contributed by atoms with Gasteiger partial charge in [0.2, 0.25) is 0 Å². The number of hydrogen-bond donors (Lipinski definition) is 2. The first kappa shape index (κ1) is 12.4. The van der Waals surface area contributed by atoms with Gasteiger partial charge in [0.15, 0.2) is 0 Å². The molecule has 0 amide bonds. The van der Waals surface area contributed by atoms with Gasteiger partial charge in [-0.05, 0) is 30.0 Å². The van der Waals surface area contributed by atoms with Crippen molar-refractivity contribution in [2.24, 2.45) is 5.73 Å². The van der Waals surface area contributed by atoms with Crippen molar-refractivity contribution in [3.8, 4) is 0 Å². The number of benzene rings is 2. The molecule has 98 valence electrons. The molecule has 2 nitrogen and oxygen atoms in total. The minimum absolute atomic E-state index is 0.164. The Balaban J connectivity index is 1.79. The van der Waals surface area contributed by atoms with E-state index in [1.807, 2.05) is 0 Å². The summed E-state index contributed by atoms with van der Waals surface area (Å²) in [5.74, 6) is 0. The van der Waals surface area contributed by atoms with Crippen molar-refractivity contribution in [3.05, 3.63) is 71.3 Å². The predicted molar refractivity (Wildman–Crippen MR) is 78.7 cm³/mol. The zero-order chi connectivity index (χ0) is 13.2. The molecular formula is C17H20N2. The van der Waals surface area contributed by atoms with Crippen molar-refractivity contribution in [2.75, 3.05) is 0 Å². The minimum atomic E-state index is 0.164. The van der Waals surface area contributed by atoms with E-state index in [0.717, 1.165) is 6.42 Å². The van der Waals surface area contributed by atoms with Crippen molar-refractivity contribution in [1.29, 1.82) is 0 Å². The Morgan fingerprint density at radius 2 is 1.63 bits per heavy atom. The van der Waals surface area contributed by atoms with Crippen LogP contribution in [0.5, 0.6) is 0 Å². The molecule has 3 N–H and O–H groups in total. The summed E-state index contributed by atoms with van der Waals surface area (Å²) in [5.41, 5.74) is 10.2. The van der Waals surface area contributed by atoms with E-state index in [1.165, 1.54) is 16.7 Å². The molecule has 0 radical (unpaired) electrons. The lowest BCUT2D eigenvalue weighted by Crippen LogP contribution is -2.23. The van der Waals surface area contributed by atoms with Gasteiger partial charge in [-0.25, -0.2) is 0 Å². The third-order valence-corrected chi connectivity index (χ3v) is 4.01. The van der Waals surface area contributed by atoms with Gasteiger partial charge in [-0.3, -0.25) is 0 Å². The molecule has 0 fully saturated rings. The lowest BCUT2D eigenvalue weighted by molar-refractivity contribution is 0.446. The van der Waals surface area contributed by atoms with Gasteiger partial charge in [-0.1, -0.05) is 54.6 Å². The maximum absolute atomic E-state index is 6.21. The van der Waals surface area contributed by atoms with E-state index in [9.17, 15) is 0 Å². The average molecular weight is 252 g/mol. The molecule has 2 aromatic rings. The fraction of sp³-hybridized carbons (Fsp3) is 0.294. The average Bonchev–Trinajstić information content (AvgIpc) is 2.77. The number of nitrogens with one attached hydrogen (secondary N) is 1. The zero-order valence-electron chi connectivity index (χ0n) is 11.2. The molecule has 0 saturated heterocycles. The van der Waals surface area contributed by atoms with Gasteiger partial charge in [-0.15, -0.1) is 0 Å². The Labute approximate surface area is 114 Å². The normalized spacial score (nSPS) is 23.1. The van der Waals surface area contributed by atoms with Crippen LogP contribution in [0, 0.1) is 0 Å². The molecule has 0 spiro atoms. The summed E-state index contributed by atoms with van der Waals surface area (Å²) >= 11 is 0. The van der Waals surface area contributed by atoms with Crippen LogP contribution in [-0.4, -0.2) is 0 Å². The predicted octanol–water partition coefficient (Wildman–Crippen LogP) is 3.48. The third-order valence-electron chi connectivity index (χ3n) is 4.01. The maximum Gasteiger partial charge on any atom is 0.0347 e. The second-order valence-corrected chi connectivity index (χ2v) is 5.32. The van der Waals surface area contributed by atoms with Gasteiger partial charge in [0.05, 0.1) is 0 Å². The lowest BCUT2D eigenvalue weighted by Gasteiger charge is -2.20. The second kappa shape index (κ2) is 5.16. The van der Waals surface area contributed by atoms with Crippen LogP contribution in [0.4, 0.5) is 0 Å². The fourth-order valence-electron chi connectivity index (χ4n) is 2.97. The van der Waals surface area contributed by atoms with Crippen LogP contribution < -0.4 is 11.1 Å². The van der Waals surface area contributed by atoms with Crippen molar-refractivity contribution in [2.45, 2.75) is 31.5 Å². The van der Waals surface area contributed by atoms with E-state index in [4.69, 9.17) is 5.73 Å². The first-order valence-corrected chi connectivity index (χ1v) is 6.91. The van der Waals surface area contributed by atoms with Crippen LogP contribution in [0.1, 0.15) is 48.2 Å². The van der Waals surface area contributed by atoms with Crippen LogP contribution in [0.15, 0.2) is 54.6 Å². The Hall–Kier alpha value is -1.64. The maximum atomic E-state index is 6.21. The molecule has 3 atom stereocenters. The summed E-state index contributed by atoms with van der Waals surface area (Å²) in [7, 11) is 0. The molecule has 0 bridgehead atoms. The molecular weight excluding hydrogens is 232 g/mol. The van der Waals surface area contributed by atoms with Crippen LogP contribution in [-0.2, 0) is 0 Å². The highest BCUT2D eigenvalue weighted by Crippen LogP contribution is 2.38. The molecule has 0 aromatic heterocycles. The van der Waals surface area contributed by atoms with E-state index >= 15 is 0 Å². The van der Waals surface area contributed by atoms with E-state index in [0.29, 0.717) is 12.1 Å². The smallest absolute Gasteiger partial charge is 0.0347 e. The van der Waals surface area contributed by atoms with E-state index in [2.05, 4.69) is 66.8 Å². The quantitative estimate of drug-likeness (QED) is 0.877. The molecule has 0 heterocycles. The van der Waals surface area contributed by atoms with E-state index in [1.54, 1.807) is 0 Å². The van der Waals surface area contributed by atoms with Gasteiger partial charge in [0.25, 0.3) is 0 Å². The molecule has 19 heavy (non-hydrogen) atoms. The molecule has 2 aromatic carbocycles. The van der Waals surface area contributed by atoms with E-state index in [-0.39, 0.29) is 6.04 Å². The van der Waals surface area contributed by atoms with Crippen molar-refractivity contribution in [1.82, 2.24) is 5.32 Å². The van der Waals surface area contributed by atoms with Gasteiger partial charge in [0, 0.05) is 18.1 Å². The van der Waals surface area contributed by atoms with Crippen LogP contribution in [0.3, 0.4) is 0 Å². The van der Waals surface area contributed by atoms with Gasteiger partial charge in [-0.2, -0.15) is 0 Å². The number of fused-ring (bicyclic) bond motifs is 1. The molecule has 1 aliphatic rings. The number of rotatable bonds is 3. The summed E-state index contributed by atoms with van der Waals surface area (Å²) in [6.45, 7) is 2.21. The topological polar surface area (TPSA) is 38.0 Å². The van der Waals surface area contributed by atoms with Gasteiger partial charge < -0.3 is 11.1 Å². The highest BCUT2D eigenvalue weighted by molar-refractivity contribution is 5.37. The van der Waals surface area contributed by atoms with Crippen LogP contribution in [0.2, 0.25) is 0 Å².